The molecule has 2 aliphatic rings. The third-order valence-electron chi connectivity index (χ3n) is 4.22. The number of amides is 1. The van der Waals surface area contributed by atoms with E-state index in [1.807, 2.05) is 0 Å². The number of rotatable bonds is 5. The zero-order valence-corrected chi connectivity index (χ0v) is 10.3. The normalized spacial score (nSPS) is 30.6. The molecule has 0 atom stereocenters. The van der Waals surface area contributed by atoms with Crippen LogP contribution >= 0.6 is 0 Å². The highest BCUT2D eigenvalue weighted by molar-refractivity contribution is 5.76. The molecule has 0 heterocycles. The van der Waals surface area contributed by atoms with Gasteiger partial charge >= 0.3 is 0 Å². The fourth-order valence-corrected chi connectivity index (χ4v) is 3.03. The van der Waals surface area contributed by atoms with Crippen LogP contribution in [0, 0.1) is 5.92 Å². The molecule has 0 saturated heterocycles. The van der Waals surface area contributed by atoms with Gasteiger partial charge < -0.3 is 5.73 Å². The van der Waals surface area contributed by atoms with Gasteiger partial charge in [0.25, 0.3) is 0 Å². The Balaban J connectivity index is 1.86. The van der Waals surface area contributed by atoms with E-state index in [0.717, 1.165) is 5.92 Å². The second-order valence-electron chi connectivity index (χ2n) is 5.45. The molecule has 0 spiro atoms. The van der Waals surface area contributed by atoms with Gasteiger partial charge in [-0.3, -0.25) is 9.69 Å². The number of carbonyl (C=O) groups excluding carboxylic acids is 1. The largest absolute Gasteiger partial charge is 0.369 e. The van der Waals surface area contributed by atoms with Gasteiger partial charge in [-0.1, -0.05) is 13.3 Å². The zero-order chi connectivity index (χ0) is 11.5. The van der Waals surface area contributed by atoms with Gasteiger partial charge in [-0.15, -0.1) is 0 Å². The fraction of sp³-hybridized carbons (Fsp3) is 0.923. The van der Waals surface area contributed by atoms with Gasteiger partial charge in [0.2, 0.25) is 5.91 Å². The van der Waals surface area contributed by atoms with Crippen LogP contribution in [0.4, 0.5) is 0 Å². The van der Waals surface area contributed by atoms with Gasteiger partial charge in [-0.05, 0) is 44.4 Å². The first-order valence-corrected chi connectivity index (χ1v) is 6.74. The van der Waals surface area contributed by atoms with Crippen molar-refractivity contribution >= 4 is 5.91 Å². The molecule has 0 aliphatic heterocycles. The molecular formula is C13H24N2O. The van der Waals surface area contributed by atoms with Crippen LogP contribution in [0.1, 0.15) is 51.9 Å². The minimum absolute atomic E-state index is 0.162. The van der Waals surface area contributed by atoms with Crippen molar-refractivity contribution in [2.24, 2.45) is 11.7 Å². The van der Waals surface area contributed by atoms with Gasteiger partial charge in [-0.25, -0.2) is 0 Å². The maximum absolute atomic E-state index is 11.1. The van der Waals surface area contributed by atoms with Gasteiger partial charge in [0.15, 0.2) is 0 Å². The SMILES string of the molecule is CCC1CCC(N(CC(N)=O)C2CC2)CC1. The Bertz CT molecular complexity index is 242. The second-order valence-corrected chi connectivity index (χ2v) is 5.45. The van der Waals surface area contributed by atoms with Gasteiger partial charge in [0.05, 0.1) is 6.54 Å². The third-order valence-corrected chi connectivity index (χ3v) is 4.22. The van der Waals surface area contributed by atoms with Crippen molar-refractivity contribution in [2.75, 3.05) is 6.54 Å². The average Bonchev–Trinajstić information content (AvgIpc) is 3.10. The summed E-state index contributed by atoms with van der Waals surface area (Å²) in [6, 6.07) is 1.29. The highest BCUT2D eigenvalue weighted by Gasteiger charge is 2.36. The fourth-order valence-electron chi connectivity index (χ4n) is 3.03. The lowest BCUT2D eigenvalue weighted by Crippen LogP contribution is -2.44. The Morgan fingerprint density at radius 2 is 1.62 bits per heavy atom. The maximum atomic E-state index is 11.1. The van der Waals surface area contributed by atoms with Crippen LogP contribution in [0.5, 0.6) is 0 Å². The summed E-state index contributed by atoms with van der Waals surface area (Å²) in [5.41, 5.74) is 5.34. The summed E-state index contributed by atoms with van der Waals surface area (Å²) in [6.07, 6.45) is 9.05. The van der Waals surface area contributed by atoms with Gasteiger partial charge in [-0.2, -0.15) is 0 Å². The summed E-state index contributed by atoms with van der Waals surface area (Å²) < 4.78 is 0. The van der Waals surface area contributed by atoms with Crippen molar-refractivity contribution in [3.05, 3.63) is 0 Å². The first-order valence-electron chi connectivity index (χ1n) is 6.74. The van der Waals surface area contributed by atoms with E-state index in [9.17, 15) is 4.79 Å². The Hall–Kier alpha value is -0.570. The average molecular weight is 224 g/mol. The van der Waals surface area contributed by atoms with Crippen LogP contribution in [0.2, 0.25) is 0 Å². The molecule has 92 valence electrons. The molecule has 0 aromatic carbocycles. The van der Waals surface area contributed by atoms with Crippen LogP contribution in [-0.2, 0) is 4.79 Å². The topological polar surface area (TPSA) is 46.3 Å². The Morgan fingerprint density at radius 1 is 1.12 bits per heavy atom. The molecule has 2 fully saturated rings. The predicted molar refractivity (Wildman–Crippen MR) is 65.0 cm³/mol. The molecule has 0 radical (unpaired) electrons. The molecule has 2 aliphatic carbocycles. The summed E-state index contributed by atoms with van der Waals surface area (Å²) >= 11 is 0. The van der Waals surface area contributed by atoms with Crippen LogP contribution in [-0.4, -0.2) is 29.4 Å². The molecule has 0 bridgehead atoms. The molecule has 3 heteroatoms. The van der Waals surface area contributed by atoms with Crippen LogP contribution in [0.25, 0.3) is 0 Å². The molecule has 1 amide bonds. The summed E-state index contributed by atoms with van der Waals surface area (Å²) in [7, 11) is 0. The first kappa shape index (κ1) is 11.9. The molecule has 2 saturated carbocycles. The van der Waals surface area contributed by atoms with Crippen molar-refractivity contribution in [1.82, 2.24) is 4.90 Å². The lowest BCUT2D eigenvalue weighted by atomic mass is 9.84. The molecule has 0 unspecified atom stereocenters. The molecule has 2 rings (SSSR count). The van der Waals surface area contributed by atoms with Crippen molar-refractivity contribution in [2.45, 2.75) is 64.0 Å². The third kappa shape index (κ3) is 2.97. The number of nitrogens with zero attached hydrogens (tertiary/aromatic N) is 1. The molecule has 0 aromatic heterocycles. The molecule has 16 heavy (non-hydrogen) atoms. The van der Waals surface area contributed by atoms with E-state index in [2.05, 4.69) is 11.8 Å². The predicted octanol–water partition coefficient (Wildman–Crippen LogP) is 1.90. The lowest BCUT2D eigenvalue weighted by molar-refractivity contribution is -0.120. The monoisotopic (exact) mass is 224 g/mol. The highest BCUT2D eigenvalue weighted by atomic mass is 16.1. The molecular weight excluding hydrogens is 200 g/mol. The minimum Gasteiger partial charge on any atom is -0.369 e. The number of nitrogens with two attached hydrogens (primary N) is 1. The van der Waals surface area contributed by atoms with E-state index in [1.165, 1.54) is 44.9 Å². The maximum Gasteiger partial charge on any atom is 0.231 e. The summed E-state index contributed by atoms with van der Waals surface area (Å²) in [5, 5.41) is 0. The van der Waals surface area contributed by atoms with Crippen molar-refractivity contribution in [3.63, 3.8) is 0 Å². The Morgan fingerprint density at radius 3 is 2.00 bits per heavy atom. The smallest absolute Gasteiger partial charge is 0.231 e. The Kier molecular flexibility index (Phi) is 3.85. The van der Waals surface area contributed by atoms with E-state index < -0.39 is 0 Å². The molecule has 0 aromatic rings. The first-order chi connectivity index (χ1) is 7.70. The standard InChI is InChI=1S/C13H24N2O/c1-2-10-3-5-11(6-4-10)15(9-13(14)16)12-7-8-12/h10-12H,2-9H2,1H3,(H2,14,16). The summed E-state index contributed by atoms with van der Waals surface area (Å²) in [5.74, 6) is 0.760. The van der Waals surface area contributed by atoms with E-state index in [-0.39, 0.29) is 5.91 Å². The van der Waals surface area contributed by atoms with Crippen molar-refractivity contribution in [3.8, 4) is 0 Å². The van der Waals surface area contributed by atoms with Crippen molar-refractivity contribution in [1.29, 1.82) is 0 Å². The minimum atomic E-state index is -0.162. The second kappa shape index (κ2) is 5.17. The van der Waals surface area contributed by atoms with Crippen LogP contribution in [0.15, 0.2) is 0 Å². The van der Waals surface area contributed by atoms with E-state index >= 15 is 0 Å². The molecule has 3 nitrogen and oxygen atoms in total. The summed E-state index contributed by atoms with van der Waals surface area (Å²) in [4.78, 5) is 13.5. The zero-order valence-electron chi connectivity index (χ0n) is 10.3. The Labute approximate surface area is 98.4 Å². The number of hydrogen-bond donors (Lipinski definition) is 1. The quantitative estimate of drug-likeness (QED) is 0.775. The van der Waals surface area contributed by atoms with E-state index in [1.54, 1.807) is 0 Å². The number of carbonyl (C=O) groups is 1. The number of hydrogen-bond acceptors (Lipinski definition) is 2. The van der Waals surface area contributed by atoms with Crippen LogP contribution in [0.3, 0.4) is 0 Å². The summed E-state index contributed by atoms with van der Waals surface area (Å²) in [6.45, 7) is 2.76. The van der Waals surface area contributed by atoms with Gasteiger partial charge in [0.1, 0.15) is 0 Å². The van der Waals surface area contributed by atoms with Crippen LogP contribution < -0.4 is 5.73 Å². The lowest BCUT2D eigenvalue weighted by Gasteiger charge is -2.36. The number of primary amides is 1. The van der Waals surface area contributed by atoms with Crippen molar-refractivity contribution < 1.29 is 4.79 Å². The van der Waals surface area contributed by atoms with E-state index in [4.69, 9.17) is 5.73 Å². The van der Waals surface area contributed by atoms with Gasteiger partial charge in [0, 0.05) is 12.1 Å². The highest BCUT2D eigenvalue weighted by Crippen LogP contribution is 2.35. The molecule has 2 N–H and O–H groups in total. The van der Waals surface area contributed by atoms with E-state index in [0.29, 0.717) is 18.6 Å².